The molecule has 0 saturated carbocycles. The molecule has 0 saturated heterocycles. The summed E-state index contributed by atoms with van der Waals surface area (Å²) in [4.78, 5) is 12.9. The van der Waals surface area contributed by atoms with Crippen LogP contribution in [0.5, 0.6) is 0 Å². The van der Waals surface area contributed by atoms with Crippen molar-refractivity contribution >= 4 is 16.7 Å². The molecular weight excluding hydrogens is 212 g/mol. The molecular formula is C13H10N4. The molecule has 82 valence electrons. The highest BCUT2D eigenvalue weighted by Crippen LogP contribution is 2.19. The van der Waals surface area contributed by atoms with E-state index in [0.717, 1.165) is 22.3 Å². The Bertz CT molecular complexity index is 665. The van der Waals surface area contributed by atoms with Crippen LogP contribution in [0.15, 0.2) is 48.9 Å². The molecule has 0 atom stereocenters. The van der Waals surface area contributed by atoms with E-state index in [-0.39, 0.29) is 0 Å². The lowest BCUT2D eigenvalue weighted by Crippen LogP contribution is -1.91. The molecule has 0 aliphatic rings. The first-order valence-corrected chi connectivity index (χ1v) is 5.25. The first-order valence-electron chi connectivity index (χ1n) is 5.25. The van der Waals surface area contributed by atoms with Gasteiger partial charge < -0.3 is 5.73 Å². The molecule has 0 aliphatic carbocycles. The van der Waals surface area contributed by atoms with E-state index in [1.807, 2.05) is 30.3 Å². The number of anilines is 1. The molecule has 0 aliphatic heterocycles. The summed E-state index contributed by atoms with van der Waals surface area (Å²) in [6.45, 7) is 0. The van der Waals surface area contributed by atoms with Crippen molar-refractivity contribution in [3.05, 3.63) is 48.9 Å². The highest BCUT2D eigenvalue weighted by atomic mass is 14.8. The van der Waals surface area contributed by atoms with Gasteiger partial charge in [0.1, 0.15) is 0 Å². The first kappa shape index (κ1) is 9.72. The maximum atomic E-state index is 5.73. The Morgan fingerprint density at radius 2 is 1.94 bits per heavy atom. The van der Waals surface area contributed by atoms with Crippen LogP contribution in [-0.4, -0.2) is 15.0 Å². The number of hydrogen-bond donors (Lipinski definition) is 1. The lowest BCUT2D eigenvalue weighted by atomic mass is 10.2. The Kier molecular flexibility index (Phi) is 2.19. The molecule has 3 aromatic rings. The van der Waals surface area contributed by atoms with Crippen LogP contribution in [0, 0.1) is 0 Å². The predicted molar refractivity (Wildman–Crippen MR) is 67.2 cm³/mol. The smallest absolute Gasteiger partial charge is 0.0914 e. The number of nitrogens with zero attached hydrogens (tertiary/aromatic N) is 3. The first-order chi connectivity index (χ1) is 8.33. The van der Waals surface area contributed by atoms with Gasteiger partial charge in [-0.25, -0.2) is 4.98 Å². The van der Waals surface area contributed by atoms with Gasteiger partial charge in [0, 0.05) is 23.6 Å². The van der Waals surface area contributed by atoms with Crippen LogP contribution in [0.3, 0.4) is 0 Å². The molecule has 0 unspecified atom stereocenters. The molecule has 4 heteroatoms. The Balaban J connectivity index is 2.19. The molecule has 0 fully saturated rings. The zero-order valence-electron chi connectivity index (χ0n) is 9.04. The van der Waals surface area contributed by atoms with E-state index in [1.54, 1.807) is 18.6 Å². The summed E-state index contributed by atoms with van der Waals surface area (Å²) in [6.07, 6.45) is 5.24. The third-order valence-corrected chi connectivity index (χ3v) is 2.52. The molecule has 1 aromatic carbocycles. The Hall–Kier alpha value is -2.49. The van der Waals surface area contributed by atoms with Gasteiger partial charge in [0.2, 0.25) is 0 Å². The van der Waals surface area contributed by atoms with Crippen LogP contribution in [-0.2, 0) is 0 Å². The van der Waals surface area contributed by atoms with Crippen molar-refractivity contribution in [3.8, 4) is 11.3 Å². The molecule has 2 aromatic heterocycles. The lowest BCUT2D eigenvalue weighted by molar-refractivity contribution is 1.26. The number of aromatic nitrogens is 3. The summed E-state index contributed by atoms with van der Waals surface area (Å²) in [6, 6.07) is 9.34. The van der Waals surface area contributed by atoms with Crippen LogP contribution in [0.4, 0.5) is 5.69 Å². The second-order valence-corrected chi connectivity index (χ2v) is 3.75. The number of hydrogen-bond acceptors (Lipinski definition) is 4. The van der Waals surface area contributed by atoms with Gasteiger partial charge in [0.25, 0.3) is 0 Å². The number of nitrogen functional groups attached to an aromatic ring is 1. The molecule has 0 amide bonds. The molecule has 2 N–H and O–H groups in total. The van der Waals surface area contributed by atoms with Crippen LogP contribution in [0.2, 0.25) is 0 Å². The maximum Gasteiger partial charge on any atom is 0.0914 e. The third-order valence-electron chi connectivity index (χ3n) is 2.52. The number of benzene rings is 1. The fourth-order valence-electron chi connectivity index (χ4n) is 1.68. The zero-order valence-corrected chi connectivity index (χ0v) is 9.04. The van der Waals surface area contributed by atoms with E-state index in [2.05, 4.69) is 15.0 Å². The summed E-state index contributed by atoms with van der Waals surface area (Å²) in [7, 11) is 0. The van der Waals surface area contributed by atoms with Crippen LogP contribution < -0.4 is 5.73 Å². The largest absolute Gasteiger partial charge is 0.399 e. The quantitative estimate of drug-likeness (QED) is 0.641. The lowest BCUT2D eigenvalue weighted by Gasteiger charge is -2.02. The minimum absolute atomic E-state index is 0.690. The number of nitrogens with two attached hydrogens (primary N) is 1. The second-order valence-electron chi connectivity index (χ2n) is 3.75. The van der Waals surface area contributed by atoms with Gasteiger partial charge in [-0.05, 0) is 30.3 Å². The number of pyridine rings is 1. The van der Waals surface area contributed by atoms with Crippen LogP contribution in [0.1, 0.15) is 0 Å². The van der Waals surface area contributed by atoms with Crippen LogP contribution in [0.25, 0.3) is 22.3 Å². The van der Waals surface area contributed by atoms with E-state index >= 15 is 0 Å². The molecule has 2 heterocycles. The Labute approximate surface area is 98.2 Å². The van der Waals surface area contributed by atoms with E-state index in [1.165, 1.54) is 0 Å². The van der Waals surface area contributed by atoms with Gasteiger partial charge in [-0.1, -0.05) is 0 Å². The molecule has 3 rings (SSSR count). The molecule has 4 nitrogen and oxygen atoms in total. The van der Waals surface area contributed by atoms with Gasteiger partial charge in [0.15, 0.2) is 0 Å². The standard InChI is InChI=1S/C13H10N4/c14-10-3-4-11-12(6-10)17-13(8-16-11)9-2-1-5-15-7-9/h1-8H,14H2. The molecule has 17 heavy (non-hydrogen) atoms. The average molecular weight is 222 g/mol. The summed E-state index contributed by atoms with van der Waals surface area (Å²) in [5.74, 6) is 0. The SMILES string of the molecule is Nc1ccc2ncc(-c3cccnc3)nc2c1. The van der Waals surface area contributed by atoms with Crippen molar-refractivity contribution in [2.75, 3.05) is 5.73 Å². The minimum atomic E-state index is 0.690. The average Bonchev–Trinajstić information content (AvgIpc) is 2.39. The van der Waals surface area contributed by atoms with Gasteiger partial charge in [-0.2, -0.15) is 0 Å². The Morgan fingerprint density at radius 3 is 2.76 bits per heavy atom. The highest BCUT2D eigenvalue weighted by molar-refractivity contribution is 5.80. The maximum absolute atomic E-state index is 5.73. The van der Waals surface area contributed by atoms with Crippen molar-refractivity contribution in [1.29, 1.82) is 0 Å². The molecule has 0 radical (unpaired) electrons. The van der Waals surface area contributed by atoms with Gasteiger partial charge in [-0.15, -0.1) is 0 Å². The van der Waals surface area contributed by atoms with Crippen molar-refractivity contribution in [2.45, 2.75) is 0 Å². The Morgan fingerprint density at radius 1 is 1.00 bits per heavy atom. The van der Waals surface area contributed by atoms with Gasteiger partial charge in [-0.3, -0.25) is 9.97 Å². The van der Waals surface area contributed by atoms with Crippen LogP contribution >= 0.6 is 0 Å². The predicted octanol–water partition coefficient (Wildman–Crippen LogP) is 2.27. The van der Waals surface area contributed by atoms with E-state index < -0.39 is 0 Å². The number of rotatable bonds is 1. The highest BCUT2D eigenvalue weighted by Gasteiger charge is 2.02. The minimum Gasteiger partial charge on any atom is -0.399 e. The van der Waals surface area contributed by atoms with Crippen molar-refractivity contribution in [2.24, 2.45) is 0 Å². The topological polar surface area (TPSA) is 64.7 Å². The fraction of sp³-hybridized carbons (Fsp3) is 0. The molecule has 0 spiro atoms. The summed E-state index contributed by atoms with van der Waals surface area (Å²) in [5.41, 5.74) is 9.81. The normalized spacial score (nSPS) is 10.6. The van der Waals surface area contributed by atoms with E-state index in [4.69, 9.17) is 5.73 Å². The fourth-order valence-corrected chi connectivity index (χ4v) is 1.68. The third kappa shape index (κ3) is 1.80. The second kappa shape index (κ2) is 3.83. The molecule has 0 bridgehead atoms. The summed E-state index contributed by atoms with van der Waals surface area (Å²) in [5, 5.41) is 0. The summed E-state index contributed by atoms with van der Waals surface area (Å²) < 4.78 is 0. The van der Waals surface area contributed by atoms with Gasteiger partial charge in [0.05, 0.1) is 22.9 Å². The van der Waals surface area contributed by atoms with E-state index in [0.29, 0.717) is 5.69 Å². The number of fused-ring (bicyclic) bond motifs is 1. The zero-order chi connectivity index (χ0) is 11.7. The van der Waals surface area contributed by atoms with Crippen molar-refractivity contribution in [3.63, 3.8) is 0 Å². The van der Waals surface area contributed by atoms with Gasteiger partial charge >= 0.3 is 0 Å². The van der Waals surface area contributed by atoms with Crippen molar-refractivity contribution < 1.29 is 0 Å². The van der Waals surface area contributed by atoms with Crippen molar-refractivity contribution in [1.82, 2.24) is 15.0 Å². The van der Waals surface area contributed by atoms with E-state index in [9.17, 15) is 0 Å². The monoisotopic (exact) mass is 222 g/mol. The summed E-state index contributed by atoms with van der Waals surface area (Å²) >= 11 is 0.